The summed E-state index contributed by atoms with van der Waals surface area (Å²) in [7, 11) is 5.06. The number of aromatic nitrogens is 1. The number of hydrogen-bond donors (Lipinski definition) is 2. The van der Waals surface area contributed by atoms with Gasteiger partial charge in [0, 0.05) is 39.5 Å². The van der Waals surface area contributed by atoms with E-state index in [9.17, 15) is 22.8 Å². The number of pyridine rings is 1. The van der Waals surface area contributed by atoms with E-state index in [0.29, 0.717) is 28.1 Å². The third-order valence-electron chi connectivity index (χ3n) is 4.74. The Balaban J connectivity index is 0.000000714. The Hall–Kier alpha value is -3.76. The van der Waals surface area contributed by atoms with E-state index in [1.54, 1.807) is 65.5 Å². The number of carbonyl (C=O) groups is 3. The number of carbonyl (C=O) groups excluding carboxylic acids is 3. The van der Waals surface area contributed by atoms with Crippen LogP contribution in [0.1, 0.15) is 50.0 Å². The van der Waals surface area contributed by atoms with E-state index in [2.05, 4.69) is 10.3 Å². The lowest BCUT2D eigenvalue weighted by atomic mass is 9.99. The number of halogens is 4. The Morgan fingerprint density at radius 1 is 1.03 bits per heavy atom. The number of amides is 1. The molecule has 2 aromatic carbocycles. The summed E-state index contributed by atoms with van der Waals surface area (Å²) in [6.45, 7) is 7.43. The fourth-order valence-corrected chi connectivity index (χ4v) is 3.26. The van der Waals surface area contributed by atoms with E-state index in [1.807, 2.05) is 19.8 Å². The Morgan fingerprint density at radius 2 is 1.56 bits per heavy atom. The molecule has 1 amide bonds. The molecule has 1 aromatic heterocycles. The van der Waals surface area contributed by atoms with Gasteiger partial charge in [0.05, 0.1) is 21.8 Å². The summed E-state index contributed by atoms with van der Waals surface area (Å²) in [5, 5.41) is 10.3. The largest absolute Gasteiger partial charge is 0.417 e. The van der Waals surface area contributed by atoms with Crippen molar-refractivity contribution >= 4 is 35.8 Å². The molecule has 2 N–H and O–H groups in total. The van der Waals surface area contributed by atoms with Crippen LogP contribution in [-0.4, -0.2) is 61.2 Å². The second kappa shape index (κ2) is 17.0. The Kier molecular flexibility index (Phi) is 15.3. The Morgan fingerprint density at radius 3 is 2.03 bits per heavy atom. The van der Waals surface area contributed by atoms with Gasteiger partial charge >= 0.3 is 6.18 Å². The van der Waals surface area contributed by atoms with Crippen LogP contribution in [0.3, 0.4) is 0 Å². The molecule has 212 valence electrons. The molecular weight excluding hydrogens is 535 g/mol. The molecule has 0 fully saturated rings. The average Bonchev–Trinajstić information content (AvgIpc) is 2.90. The molecule has 0 saturated heterocycles. The topological polar surface area (TPSA) is 99.6 Å². The Bertz CT molecular complexity index is 1230. The zero-order valence-electron chi connectivity index (χ0n) is 22.7. The molecule has 0 spiro atoms. The number of hydrogen-bond acceptors (Lipinski definition) is 6. The highest BCUT2D eigenvalue weighted by atomic mass is 35.5. The molecule has 7 nitrogen and oxygen atoms in total. The third-order valence-corrected chi connectivity index (χ3v) is 5.07. The van der Waals surface area contributed by atoms with Crippen molar-refractivity contribution in [1.29, 1.82) is 0 Å². The molecule has 0 bridgehead atoms. The lowest BCUT2D eigenvalue weighted by molar-refractivity contribution is -0.137. The zero-order valence-corrected chi connectivity index (χ0v) is 23.4. The summed E-state index contributed by atoms with van der Waals surface area (Å²) in [6.07, 6.45) is -2.71. The second-order valence-electron chi connectivity index (χ2n) is 8.03. The zero-order chi connectivity index (χ0) is 30.3. The van der Waals surface area contributed by atoms with Crippen molar-refractivity contribution < 1.29 is 32.7 Å². The van der Waals surface area contributed by atoms with Crippen LogP contribution in [0.2, 0.25) is 5.02 Å². The Labute approximate surface area is 231 Å². The molecule has 0 radical (unpaired) electrons. The van der Waals surface area contributed by atoms with Crippen molar-refractivity contribution in [3.8, 4) is 0 Å². The monoisotopic (exact) mass is 567 g/mol. The highest BCUT2D eigenvalue weighted by Gasteiger charge is 2.32. The predicted octanol–water partition coefficient (Wildman–Crippen LogP) is 5.85. The lowest BCUT2D eigenvalue weighted by Gasteiger charge is -2.14. The molecule has 0 aliphatic heterocycles. The van der Waals surface area contributed by atoms with Crippen molar-refractivity contribution in [3.05, 3.63) is 93.3 Å². The molecule has 0 aliphatic rings. The first-order chi connectivity index (χ1) is 18.3. The van der Waals surface area contributed by atoms with Crippen molar-refractivity contribution in [2.24, 2.45) is 0 Å². The van der Waals surface area contributed by atoms with Gasteiger partial charge in [-0.05, 0) is 50.6 Å². The summed E-state index contributed by atoms with van der Waals surface area (Å²) in [5.41, 5.74) is 2.43. The third kappa shape index (κ3) is 10.9. The first-order valence-electron chi connectivity index (χ1n) is 11.5. The minimum atomic E-state index is -4.36. The van der Waals surface area contributed by atoms with E-state index < -0.39 is 11.7 Å². The van der Waals surface area contributed by atoms with Gasteiger partial charge in [-0.2, -0.15) is 13.2 Å². The number of aryl methyl sites for hydroxylation is 2. The smallest absolute Gasteiger partial charge is 0.397 e. The van der Waals surface area contributed by atoms with E-state index in [1.165, 1.54) is 17.0 Å². The molecule has 0 atom stereocenters. The van der Waals surface area contributed by atoms with Gasteiger partial charge in [0.1, 0.15) is 12.5 Å². The highest BCUT2D eigenvalue weighted by Crippen LogP contribution is 2.34. The van der Waals surface area contributed by atoms with Crippen LogP contribution in [-0.2, 0) is 11.0 Å². The second-order valence-corrected chi connectivity index (χ2v) is 8.44. The minimum Gasteiger partial charge on any atom is -0.397 e. The first kappa shape index (κ1) is 35.2. The average molecular weight is 568 g/mol. The molecule has 11 heteroatoms. The predicted molar refractivity (Wildman–Crippen MR) is 147 cm³/mol. The number of aliphatic hydroxyl groups excluding tert-OH is 1. The standard InChI is InChI=1S/C17H19N3O2.C8H6ClF3.C2H6O.CH2O/c1-11-9-14(18-2)15(19-10-11)16(21)12-7-5-6-8-13(12)17(22)20(3)4;1-5-2-3-7(9)6(4-5)8(10,11)12;1-2-3;1-2/h5-10,18H,1-4H3;2-4H,1H3;3H,2H2,1H3;1H2. The summed E-state index contributed by atoms with van der Waals surface area (Å²) < 4.78 is 36.4. The van der Waals surface area contributed by atoms with Gasteiger partial charge in [-0.15, -0.1) is 0 Å². The molecule has 3 rings (SSSR count). The molecule has 0 unspecified atom stereocenters. The van der Waals surface area contributed by atoms with Gasteiger partial charge in [0.15, 0.2) is 0 Å². The summed E-state index contributed by atoms with van der Waals surface area (Å²) in [4.78, 5) is 38.7. The maximum atomic E-state index is 12.8. The van der Waals surface area contributed by atoms with Crippen LogP contribution in [0.5, 0.6) is 0 Å². The lowest BCUT2D eigenvalue weighted by Crippen LogP contribution is -2.24. The normalized spacial score (nSPS) is 9.92. The van der Waals surface area contributed by atoms with E-state index >= 15 is 0 Å². The number of rotatable bonds is 4. The SMILES string of the molecule is C=O.CCO.CNc1cc(C)cnc1C(=O)c1ccccc1C(=O)N(C)C.Cc1ccc(Cl)c(C(F)(F)F)c1. The molecular formula is C28H33ClF3N3O4. The van der Waals surface area contributed by atoms with Gasteiger partial charge in [-0.25, -0.2) is 0 Å². The fraction of sp³-hybridized carbons (Fsp3) is 0.286. The maximum absolute atomic E-state index is 12.8. The van der Waals surface area contributed by atoms with Crippen molar-refractivity contribution in [2.75, 3.05) is 33.1 Å². The first-order valence-corrected chi connectivity index (χ1v) is 11.9. The van der Waals surface area contributed by atoms with Crippen molar-refractivity contribution in [3.63, 3.8) is 0 Å². The molecule has 0 saturated carbocycles. The van der Waals surface area contributed by atoms with Crippen LogP contribution in [0, 0.1) is 13.8 Å². The number of anilines is 1. The van der Waals surface area contributed by atoms with E-state index in [-0.39, 0.29) is 23.3 Å². The minimum absolute atomic E-state index is 0.206. The maximum Gasteiger partial charge on any atom is 0.417 e. The van der Waals surface area contributed by atoms with Crippen LogP contribution in [0.15, 0.2) is 54.7 Å². The number of nitrogens with one attached hydrogen (secondary N) is 1. The van der Waals surface area contributed by atoms with Crippen LogP contribution >= 0.6 is 11.6 Å². The molecule has 0 aliphatic carbocycles. The molecule has 1 heterocycles. The van der Waals surface area contributed by atoms with Crippen molar-refractivity contribution in [1.82, 2.24) is 9.88 Å². The number of ketones is 1. The van der Waals surface area contributed by atoms with E-state index in [0.717, 1.165) is 11.6 Å². The molecule has 39 heavy (non-hydrogen) atoms. The van der Waals surface area contributed by atoms with E-state index in [4.69, 9.17) is 21.5 Å². The fourth-order valence-electron chi connectivity index (χ4n) is 3.03. The van der Waals surface area contributed by atoms with Crippen LogP contribution < -0.4 is 5.32 Å². The summed E-state index contributed by atoms with van der Waals surface area (Å²) in [6, 6.07) is 12.5. The van der Waals surface area contributed by atoms with Crippen LogP contribution in [0.4, 0.5) is 18.9 Å². The summed E-state index contributed by atoms with van der Waals surface area (Å²) >= 11 is 5.36. The van der Waals surface area contributed by atoms with Gasteiger partial charge in [-0.1, -0.05) is 41.4 Å². The number of alkyl halides is 3. The quantitative estimate of drug-likeness (QED) is 0.384. The van der Waals surface area contributed by atoms with Crippen molar-refractivity contribution in [2.45, 2.75) is 26.9 Å². The van der Waals surface area contributed by atoms with Gasteiger partial charge in [0.25, 0.3) is 5.91 Å². The van der Waals surface area contributed by atoms with Gasteiger partial charge in [0.2, 0.25) is 5.78 Å². The molecule has 3 aromatic rings. The van der Waals surface area contributed by atoms with Crippen LogP contribution in [0.25, 0.3) is 0 Å². The number of nitrogens with zero attached hydrogens (tertiary/aromatic N) is 2. The number of aliphatic hydroxyl groups is 1. The summed E-state index contributed by atoms with van der Waals surface area (Å²) in [5.74, 6) is -0.475. The number of benzene rings is 2. The highest BCUT2D eigenvalue weighted by molar-refractivity contribution is 6.31. The van der Waals surface area contributed by atoms with Gasteiger partial charge < -0.3 is 20.1 Å². The van der Waals surface area contributed by atoms with Gasteiger partial charge in [-0.3, -0.25) is 14.6 Å².